The van der Waals surface area contributed by atoms with Gasteiger partial charge in [-0.15, -0.1) is 0 Å². The van der Waals surface area contributed by atoms with E-state index in [1.54, 1.807) is 10.9 Å². The molecule has 0 aliphatic rings. The van der Waals surface area contributed by atoms with Crippen LogP contribution in [0.25, 0.3) is 5.69 Å². The van der Waals surface area contributed by atoms with Crippen molar-refractivity contribution >= 4 is 18.4 Å². The number of ether oxygens (including phenoxy) is 1. The molecule has 0 N–H and O–H groups in total. The number of carbonyl (C=O) groups excluding carboxylic acids is 2. The Morgan fingerprint density at radius 3 is 2.95 bits per heavy atom. The quantitative estimate of drug-likeness (QED) is 0.562. The molecular weight excluding hydrogens is 258 g/mol. The highest BCUT2D eigenvalue weighted by molar-refractivity contribution is 5.73. The number of carbonyl (C=O) groups is 2. The average molecular weight is 273 g/mol. The fourth-order valence-corrected chi connectivity index (χ4v) is 1.78. The highest BCUT2D eigenvalue weighted by Crippen LogP contribution is 2.17. The van der Waals surface area contributed by atoms with Crippen LogP contribution in [0.1, 0.15) is 10.4 Å². The minimum absolute atomic E-state index is 0.335. The zero-order chi connectivity index (χ0) is 14.4. The maximum atomic E-state index is 10.7. The van der Waals surface area contributed by atoms with Crippen molar-refractivity contribution in [1.82, 2.24) is 9.78 Å². The minimum Gasteiger partial charge on any atom is -0.466 e. The van der Waals surface area contributed by atoms with Gasteiger partial charge >= 0.3 is 0 Å². The Hall–Kier alpha value is -2.63. The molecule has 0 fully saturated rings. The van der Waals surface area contributed by atoms with E-state index >= 15 is 0 Å². The van der Waals surface area contributed by atoms with Crippen LogP contribution in [0.15, 0.2) is 36.7 Å². The van der Waals surface area contributed by atoms with Crippen LogP contribution in [0.2, 0.25) is 0 Å². The van der Waals surface area contributed by atoms with E-state index in [4.69, 9.17) is 0 Å². The number of benzene rings is 1. The summed E-state index contributed by atoms with van der Waals surface area (Å²) in [6.45, 7) is 1.37. The predicted octanol–water partition coefficient (Wildman–Crippen LogP) is 1.29. The Morgan fingerprint density at radius 1 is 1.40 bits per heavy atom. The first kappa shape index (κ1) is 13.8. The van der Waals surface area contributed by atoms with Crippen LogP contribution in [0.3, 0.4) is 0 Å². The van der Waals surface area contributed by atoms with E-state index in [-0.39, 0.29) is 0 Å². The van der Waals surface area contributed by atoms with Crippen LogP contribution < -0.4 is 4.90 Å². The summed E-state index contributed by atoms with van der Waals surface area (Å²) in [4.78, 5) is 22.8. The molecule has 0 aliphatic carbocycles. The lowest BCUT2D eigenvalue weighted by Gasteiger charge is -2.19. The third kappa shape index (κ3) is 3.23. The van der Waals surface area contributed by atoms with Crippen molar-refractivity contribution in [3.8, 4) is 5.69 Å². The van der Waals surface area contributed by atoms with Crippen molar-refractivity contribution < 1.29 is 14.3 Å². The van der Waals surface area contributed by atoms with Crippen LogP contribution in [0.5, 0.6) is 0 Å². The molecule has 20 heavy (non-hydrogen) atoms. The number of hydrogen-bond acceptors (Lipinski definition) is 5. The molecule has 0 bridgehead atoms. The zero-order valence-electron chi connectivity index (χ0n) is 11.1. The summed E-state index contributed by atoms with van der Waals surface area (Å²) in [5.74, 6) is 0. The van der Waals surface area contributed by atoms with E-state index in [0.29, 0.717) is 25.2 Å². The van der Waals surface area contributed by atoms with Crippen molar-refractivity contribution in [2.45, 2.75) is 0 Å². The summed E-state index contributed by atoms with van der Waals surface area (Å²) in [6, 6.07) is 7.71. The number of likely N-dealkylation sites (N-methyl/N-ethyl adjacent to an activating group) is 1. The van der Waals surface area contributed by atoms with Crippen molar-refractivity contribution in [3.05, 3.63) is 42.2 Å². The first-order chi connectivity index (χ1) is 9.74. The largest absolute Gasteiger partial charge is 0.466 e. The van der Waals surface area contributed by atoms with Gasteiger partial charge < -0.3 is 9.64 Å². The van der Waals surface area contributed by atoms with Crippen molar-refractivity contribution in [3.63, 3.8) is 0 Å². The van der Waals surface area contributed by atoms with Crippen LogP contribution in [0.4, 0.5) is 5.69 Å². The lowest BCUT2D eigenvalue weighted by Crippen LogP contribution is -2.22. The van der Waals surface area contributed by atoms with E-state index in [0.717, 1.165) is 17.7 Å². The van der Waals surface area contributed by atoms with Crippen molar-refractivity contribution in [2.24, 2.45) is 0 Å². The molecule has 0 saturated carbocycles. The molecule has 1 aromatic carbocycles. The Kier molecular flexibility index (Phi) is 4.49. The van der Waals surface area contributed by atoms with Gasteiger partial charge in [0.15, 0.2) is 6.29 Å². The van der Waals surface area contributed by atoms with Crippen LogP contribution in [0, 0.1) is 0 Å². The lowest BCUT2D eigenvalue weighted by atomic mass is 10.2. The molecule has 104 valence electrons. The SMILES string of the molecule is CN(CCOC=O)c1cccc(-n2cc(C=O)cn2)c1. The summed E-state index contributed by atoms with van der Waals surface area (Å²) in [5, 5.41) is 4.13. The zero-order valence-corrected chi connectivity index (χ0v) is 11.1. The lowest BCUT2D eigenvalue weighted by molar-refractivity contribution is -0.128. The van der Waals surface area contributed by atoms with Crippen molar-refractivity contribution in [2.75, 3.05) is 25.1 Å². The van der Waals surface area contributed by atoms with Gasteiger partial charge in [0.1, 0.15) is 6.61 Å². The Labute approximate surface area is 116 Å². The molecule has 2 rings (SSSR count). The third-order valence-electron chi connectivity index (χ3n) is 2.89. The monoisotopic (exact) mass is 273 g/mol. The fourth-order valence-electron chi connectivity index (χ4n) is 1.78. The molecule has 0 aliphatic heterocycles. The number of hydrogen-bond donors (Lipinski definition) is 0. The molecule has 6 heteroatoms. The third-order valence-corrected chi connectivity index (χ3v) is 2.89. The normalized spacial score (nSPS) is 10.1. The second kappa shape index (κ2) is 6.51. The van der Waals surface area contributed by atoms with Crippen LogP contribution >= 0.6 is 0 Å². The van der Waals surface area contributed by atoms with E-state index < -0.39 is 0 Å². The van der Waals surface area contributed by atoms with Gasteiger partial charge in [-0.1, -0.05) is 6.07 Å². The fraction of sp³-hybridized carbons (Fsp3) is 0.214. The highest BCUT2D eigenvalue weighted by atomic mass is 16.5. The molecular formula is C14H15N3O3. The van der Waals surface area contributed by atoms with Gasteiger partial charge in [0.05, 0.1) is 24.0 Å². The molecule has 0 atom stereocenters. The standard InChI is InChI=1S/C14H15N3O3/c1-16(5-6-20-11-19)13-3-2-4-14(7-13)17-9-12(10-18)8-15-17/h2-4,7-11H,5-6H2,1H3. The van der Waals surface area contributed by atoms with Crippen molar-refractivity contribution in [1.29, 1.82) is 0 Å². The van der Waals surface area contributed by atoms with Gasteiger partial charge in [0.25, 0.3) is 6.47 Å². The smallest absolute Gasteiger partial charge is 0.293 e. The van der Waals surface area contributed by atoms with Crippen LogP contribution in [-0.2, 0) is 9.53 Å². The molecule has 1 heterocycles. The molecule has 0 unspecified atom stereocenters. The summed E-state index contributed by atoms with van der Waals surface area (Å²) < 4.78 is 6.32. The molecule has 2 aromatic rings. The summed E-state index contributed by atoms with van der Waals surface area (Å²) in [5.41, 5.74) is 2.36. The van der Waals surface area contributed by atoms with Gasteiger partial charge in [-0.3, -0.25) is 9.59 Å². The number of anilines is 1. The van der Waals surface area contributed by atoms with Gasteiger partial charge in [-0.25, -0.2) is 4.68 Å². The van der Waals surface area contributed by atoms with E-state index in [1.807, 2.05) is 36.2 Å². The van der Waals surface area contributed by atoms with E-state index in [1.165, 1.54) is 6.20 Å². The Balaban J connectivity index is 2.14. The van der Waals surface area contributed by atoms with E-state index in [9.17, 15) is 9.59 Å². The topological polar surface area (TPSA) is 64.4 Å². The minimum atomic E-state index is 0.335. The van der Waals surface area contributed by atoms with E-state index in [2.05, 4.69) is 9.84 Å². The number of aromatic nitrogens is 2. The molecule has 0 radical (unpaired) electrons. The van der Waals surface area contributed by atoms with Gasteiger partial charge in [0, 0.05) is 18.9 Å². The highest BCUT2D eigenvalue weighted by Gasteiger charge is 2.04. The summed E-state index contributed by atoms with van der Waals surface area (Å²) in [6.07, 6.45) is 3.94. The van der Waals surface area contributed by atoms with Crippen LogP contribution in [-0.4, -0.2) is 42.7 Å². The maximum absolute atomic E-state index is 10.7. The molecule has 0 spiro atoms. The maximum Gasteiger partial charge on any atom is 0.293 e. The molecule has 1 aromatic heterocycles. The molecule has 0 amide bonds. The second-order valence-corrected chi connectivity index (χ2v) is 4.24. The average Bonchev–Trinajstić information content (AvgIpc) is 2.96. The Bertz CT molecular complexity index is 595. The molecule has 6 nitrogen and oxygen atoms in total. The van der Waals surface area contributed by atoms with Gasteiger partial charge in [-0.05, 0) is 18.2 Å². The van der Waals surface area contributed by atoms with Gasteiger partial charge in [-0.2, -0.15) is 5.10 Å². The summed E-state index contributed by atoms with van der Waals surface area (Å²) >= 11 is 0. The first-order valence-electron chi connectivity index (χ1n) is 6.11. The summed E-state index contributed by atoms with van der Waals surface area (Å²) in [7, 11) is 1.91. The number of nitrogens with zero attached hydrogens (tertiary/aromatic N) is 3. The molecule has 0 saturated heterocycles. The Morgan fingerprint density at radius 2 is 2.25 bits per heavy atom. The number of rotatable bonds is 7. The first-order valence-corrected chi connectivity index (χ1v) is 6.11. The van der Waals surface area contributed by atoms with Gasteiger partial charge in [0.2, 0.25) is 0 Å². The second-order valence-electron chi connectivity index (χ2n) is 4.24. The predicted molar refractivity (Wildman–Crippen MR) is 74.2 cm³/mol. The number of aldehydes is 1.